The molecule has 144 valence electrons. The first-order valence-electron chi connectivity index (χ1n) is 8.66. The molecule has 1 unspecified atom stereocenters. The summed E-state index contributed by atoms with van der Waals surface area (Å²) in [6.45, 7) is 6.90. The molecule has 3 heterocycles. The first-order chi connectivity index (χ1) is 12.9. The lowest BCUT2D eigenvalue weighted by Gasteiger charge is -2.28. The van der Waals surface area contributed by atoms with Crippen LogP contribution < -0.4 is 15.8 Å². The van der Waals surface area contributed by atoms with E-state index in [-0.39, 0.29) is 5.56 Å². The Hall–Kier alpha value is -2.51. The molecular formula is C17H22N6O3S. The van der Waals surface area contributed by atoms with Crippen molar-refractivity contribution in [3.8, 4) is 11.8 Å². The van der Waals surface area contributed by atoms with Crippen LogP contribution in [0.1, 0.15) is 13.8 Å². The molecule has 1 atom stereocenters. The third-order valence-corrected chi connectivity index (χ3v) is 5.50. The zero-order valence-electron chi connectivity index (χ0n) is 15.5. The number of rotatable bonds is 5. The number of nitrogens with zero attached hydrogens (tertiary/aromatic N) is 5. The Morgan fingerprint density at radius 3 is 2.70 bits per heavy atom. The van der Waals surface area contributed by atoms with E-state index in [0.29, 0.717) is 28.8 Å². The van der Waals surface area contributed by atoms with Gasteiger partial charge in [0.25, 0.3) is 5.56 Å². The van der Waals surface area contributed by atoms with Crippen molar-refractivity contribution in [3.05, 3.63) is 10.4 Å². The van der Waals surface area contributed by atoms with E-state index in [1.165, 1.54) is 4.57 Å². The molecule has 1 aliphatic rings. The highest BCUT2D eigenvalue weighted by Gasteiger charge is 2.24. The molecule has 0 spiro atoms. The van der Waals surface area contributed by atoms with E-state index in [1.807, 2.05) is 4.57 Å². The fraction of sp³-hybridized carbons (Fsp3) is 0.529. The third-order valence-electron chi connectivity index (χ3n) is 4.37. The topological polar surface area (TPSA) is 105 Å². The van der Waals surface area contributed by atoms with Crippen molar-refractivity contribution in [2.75, 3.05) is 31.1 Å². The monoisotopic (exact) mass is 390 g/mol. The van der Waals surface area contributed by atoms with Crippen LogP contribution in [0.4, 0.5) is 5.95 Å². The molecule has 0 saturated carbocycles. The number of piperazine rings is 1. The molecule has 0 aromatic carbocycles. The molecule has 1 aliphatic heterocycles. The SMILES string of the molecule is CC#CCn1c(N2CCNCC2)nc2nc(SC(C)C(=O)O)n(C)c(=O)c21. The molecule has 2 N–H and O–H groups in total. The van der Waals surface area contributed by atoms with Crippen molar-refractivity contribution >= 4 is 34.8 Å². The first-order valence-corrected chi connectivity index (χ1v) is 9.54. The smallest absolute Gasteiger partial charge is 0.316 e. The maximum absolute atomic E-state index is 13.0. The van der Waals surface area contributed by atoms with Gasteiger partial charge in [0.1, 0.15) is 5.25 Å². The van der Waals surface area contributed by atoms with Crippen molar-refractivity contribution in [3.63, 3.8) is 0 Å². The summed E-state index contributed by atoms with van der Waals surface area (Å²) in [5.41, 5.74) is 0.456. The van der Waals surface area contributed by atoms with E-state index in [2.05, 4.69) is 32.0 Å². The lowest BCUT2D eigenvalue weighted by molar-refractivity contribution is -0.136. The van der Waals surface area contributed by atoms with E-state index >= 15 is 0 Å². The van der Waals surface area contributed by atoms with Gasteiger partial charge in [-0.2, -0.15) is 4.98 Å². The van der Waals surface area contributed by atoms with E-state index in [1.54, 1.807) is 20.9 Å². The third kappa shape index (κ3) is 3.79. The zero-order valence-corrected chi connectivity index (χ0v) is 16.3. The Morgan fingerprint density at radius 1 is 1.37 bits per heavy atom. The number of aliphatic carboxylic acids is 1. The van der Waals surface area contributed by atoms with Crippen molar-refractivity contribution < 1.29 is 9.90 Å². The Morgan fingerprint density at radius 2 is 2.07 bits per heavy atom. The quantitative estimate of drug-likeness (QED) is 0.422. The van der Waals surface area contributed by atoms with Crippen molar-refractivity contribution in [1.82, 2.24) is 24.4 Å². The summed E-state index contributed by atoms with van der Waals surface area (Å²) in [6.07, 6.45) is 0. The lowest BCUT2D eigenvalue weighted by Crippen LogP contribution is -2.44. The van der Waals surface area contributed by atoms with Crippen LogP contribution in [0.5, 0.6) is 0 Å². The number of aromatic nitrogens is 4. The Kier molecular flexibility index (Phi) is 5.72. The van der Waals surface area contributed by atoms with Crippen molar-refractivity contribution in [2.45, 2.75) is 30.8 Å². The standard InChI is InChI=1S/C17H22N6O3S/c1-4-5-8-23-12-13(19-16(23)22-9-6-18-7-10-22)20-17(21(3)14(12)24)27-11(2)15(25)26/h11,18H,6-10H2,1-3H3,(H,25,26). The molecule has 0 amide bonds. The number of thioether (sulfide) groups is 1. The molecule has 1 saturated heterocycles. The fourth-order valence-electron chi connectivity index (χ4n) is 2.86. The molecule has 0 bridgehead atoms. The number of anilines is 1. The lowest BCUT2D eigenvalue weighted by atomic mass is 10.4. The molecule has 10 heteroatoms. The molecule has 3 rings (SSSR count). The Labute approximate surface area is 160 Å². The average molecular weight is 390 g/mol. The zero-order chi connectivity index (χ0) is 19.6. The largest absolute Gasteiger partial charge is 0.480 e. The number of fused-ring (bicyclic) bond motifs is 1. The highest BCUT2D eigenvalue weighted by Crippen LogP contribution is 2.24. The van der Waals surface area contributed by atoms with E-state index in [4.69, 9.17) is 5.11 Å². The van der Waals surface area contributed by atoms with Crippen LogP contribution in [0.15, 0.2) is 9.95 Å². The van der Waals surface area contributed by atoms with Crippen LogP contribution in [0.25, 0.3) is 11.2 Å². The Bertz CT molecular complexity index is 980. The van der Waals surface area contributed by atoms with E-state index in [9.17, 15) is 9.59 Å². The predicted molar refractivity (Wildman–Crippen MR) is 104 cm³/mol. The van der Waals surface area contributed by atoms with Crippen LogP contribution in [0.3, 0.4) is 0 Å². The van der Waals surface area contributed by atoms with Crippen LogP contribution in [0, 0.1) is 11.8 Å². The van der Waals surface area contributed by atoms with Gasteiger partial charge in [0.2, 0.25) is 5.95 Å². The summed E-state index contributed by atoms with van der Waals surface area (Å²) in [7, 11) is 1.60. The molecule has 2 aromatic rings. The molecular weight excluding hydrogens is 368 g/mol. The first kappa shape index (κ1) is 19.3. The highest BCUT2D eigenvalue weighted by molar-refractivity contribution is 8.00. The van der Waals surface area contributed by atoms with Crippen molar-refractivity contribution in [2.24, 2.45) is 7.05 Å². The van der Waals surface area contributed by atoms with Crippen LogP contribution in [-0.4, -0.2) is 61.6 Å². The highest BCUT2D eigenvalue weighted by atomic mass is 32.2. The minimum atomic E-state index is -0.959. The second-order valence-corrected chi connectivity index (χ2v) is 7.50. The minimum Gasteiger partial charge on any atom is -0.480 e. The fourth-order valence-corrected chi connectivity index (χ4v) is 3.65. The molecule has 0 radical (unpaired) electrons. The molecule has 1 fully saturated rings. The Balaban J connectivity index is 2.15. The number of nitrogens with one attached hydrogen (secondary N) is 1. The van der Waals surface area contributed by atoms with E-state index in [0.717, 1.165) is 37.9 Å². The minimum absolute atomic E-state index is 0.258. The van der Waals surface area contributed by atoms with Gasteiger partial charge >= 0.3 is 5.97 Å². The number of carboxylic acids is 1. The summed E-state index contributed by atoms with van der Waals surface area (Å²) in [5, 5.41) is 12.1. The van der Waals surface area contributed by atoms with Crippen LogP contribution in [-0.2, 0) is 18.4 Å². The normalized spacial score (nSPS) is 15.4. The summed E-state index contributed by atoms with van der Waals surface area (Å²) in [6, 6.07) is 0. The van der Waals surface area contributed by atoms with Gasteiger partial charge in [-0.25, -0.2) is 4.98 Å². The van der Waals surface area contributed by atoms with Crippen molar-refractivity contribution in [1.29, 1.82) is 0 Å². The van der Waals surface area contributed by atoms with Gasteiger partial charge in [-0.1, -0.05) is 17.7 Å². The number of imidazole rings is 1. The molecule has 9 nitrogen and oxygen atoms in total. The average Bonchev–Trinajstić information content (AvgIpc) is 3.03. The van der Waals surface area contributed by atoms with Gasteiger partial charge < -0.3 is 15.3 Å². The number of hydrogen-bond donors (Lipinski definition) is 2. The molecule has 2 aromatic heterocycles. The van der Waals surface area contributed by atoms with Gasteiger partial charge in [0, 0.05) is 33.2 Å². The number of hydrogen-bond acceptors (Lipinski definition) is 7. The summed E-state index contributed by atoms with van der Waals surface area (Å²) in [4.78, 5) is 35.4. The number of carbonyl (C=O) groups is 1. The molecule has 0 aliphatic carbocycles. The summed E-state index contributed by atoms with van der Waals surface area (Å²) < 4.78 is 3.19. The predicted octanol–water partition coefficient (Wildman–Crippen LogP) is 0.128. The van der Waals surface area contributed by atoms with Gasteiger partial charge in [-0.3, -0.25) is 18.7 Å². The number of carboxylic acid groups (broad SMARTS) is 1. The van der Waals surface area contributed by atoms with Gasteiger partial charge in [0.15, 0.2) is 16.3 Å². The molecule has 27 heavy (non-hydrogen) atoms. The van der Waals surface area contributed by atoms with Crippen LogP contribution in [0.2, 0.25) is 0 Å². The van der Waals surface area contributed by atoms with Crippen LogP contribution >= 0.6 is 11.8 Å². The van der Waals surface area contributed by atoms with E-state index < -0.39 is 11.2 Å². The summed E-state index contributed by atoms with van der Waals surface area (Å²) in [5.74, 6) is 5.57. The van der Waals surface area contributed by atoms with Gasteiger partial charge in [0.05, 0.1) is 6.54 Å². The second kappa shape index (κ2) is 8.02. The second-order valence-electron chi connectivity index (χ2n) is 6.19. The van der Waals surface area contributed by atoms with Gasteiger partial charge in [-0.05, 0) is 13.8 Å². The summed E-state index contributed by atoms with van der Waals surface area (Å²) >= 11 is 1.03. The van der Waals surface area contributed by atoms with Gasteiger partial charge in [-0.15, -0.1) is 5.92 Å². The maximum atomic E-state index is 13.0. The maximum Gasteiger partial charge on any atom is 0.316 e.